The van der Waals surface area contributed by atoms with Crippen molar-refractivity contribution >= 4 is 41.3 Å². The van der Waals surface area contributed by atoms with Gasteiger partial charge in [-0.1, -0.05) is 19.3 Å². The minimum Gasteiger partial charge on any atom is -0.378 e. The van der Waals surface area contributed by atoms with E-state index in [-0.39, 0.29) is 24.0 Å². The van der Waals surface area contributed by atoms with Crippen LogP contribution in [-0.4, -0.2) is 31.8 Å². The van der Waals surface area contributed by atoms with Crippen LogP contribution in [0.25, 0.3) is 0 Å². The van der Waals surface area contributed by atoms with E-state index in [0.29, 0.717) is 6.10 Å². The van der Waals surface area contributed by atoms with E-state index in [2.05, 4.69) is 39.4 Å². The lowest BCUT2D eigenvalue weighted by Gasteiger charge is -2.22. The van der Waals surface area contributed by atoms with E-state index >= 15 is 0 Å². The van der Waals surface area contributed by atoms with Crippen molar-refractivity contribution in [2.24, 2.45) is 4.99 Å². The van der Waals surface area contributed by atoms with Gasteiger partial charge in [0, 0.05) is 19.7 Å². The van der Waals surface area contributed by atoms with Crippen molar-refractivity contribution in [1.29, 1.82) is 0 Å². The molecule has 1 saturated carbocycles. The van der Waals surface area contributed by atoms with Gasteiger partial charge in [0.25, 0.3) is 0 Å². The summed E-state index contributed by atoms with van der Waals surface area (Å²) in [4.78, 5) is 4.60. The fraction of sp³-hybridized carbons (Fsp3) is 0.706. The molecule has 0 aromatic carbocycles. The van der Waals surface area contributed by atoms with Gasteiger partial charge in [-0.3, -0.25) is 0 Å². The van der Waals surface area contributed by atoms with Crippen molar-refractivity contribution in [3.05, 3.63) is 22.4 Å². The molecule has 0 aliphatic heterocycles. The van der Waals surface area contributed by atoms with Crippen LogP contribution in [0.2, 0.25) is 0 Å². The average Bonchev–Trinajstić information content (AvgIpc) is 3.06. The lowest BCUT2D eigenvalue weighted by atomic mass is 9.98. The van der Waals surface area contributed by atoms with Crippen molar-refractivity contribution in [2.75, 3.05) is 19.7 Å². The van der Waals surface area contributed by atoms with Gasteiger partial charge in [-0.15, -0.1) is 24.0 Å². The number of ether oxygens (including phenoxy) is 1. The van der Waals surface area contributed by atoms with Gasteiger partial charge in [-0.25, -0.2) is 4.99 Å². The fourth-order valence-corrected chi connectivity index (χ4v) is 3.32. The van der Waals surface area contributed by atoms with Crippen LogP contribution in [0, 0.1) is 0 Å². The summed E-state index contributed by atoms with van der Waals surface area (Å²) in [5.74, 6) is 0.895. The van der Waals surface area contributed by atoms with Crippen LogP contribution in [0.1, 0.15) is 51.0 Å². The van der Waals surface area contributed by atoms with Gasteiger partial charge >= 0.3 is 0 Å². The third-order valence-electron chi connectivity index (χ3n) is 3.86. The van der Waals surface area contributed by atoms with Gasteiger partial charge in [0.05, 0.1) is 12.6 Å². The molecule has 132 valence electrons. The normalized spacial score (nSPS) is 16.0. The standard InChI is InChI=1S/C17H29N3OS.HI/c1-2-18-17(20-13-15-9-12-22-14-15)19-10-6-11-21-16-7-4-3-5-8-16;/h9,12,14,16H,2-8,10-11,13H2,1H3,(H2,18,19,20);1H. The second-order valence-corrected chi connectivity index (χ2v) is 6.52. The zero-order valence-electron chi connectivity index (χ0n) is 14.1. The minimum absolute atomic E-state index is 0. The molecule has 23 heavy (non-hydrogen) atoms. The van der Waals surface area contributed by atoms with E-state index in [4.69, 9.17) is 4.74 Å². The highest BCUT2D eigenvalue weighted by Crippen LogP contribution is 2.20. The summed E-state index contributed by atoms with van der Waals surface area (Å²) >= 11 is 1.72. The third-order valence-corrected chi connectivity index (χ3v) is 4.60. The van der Waals surface area contributed by atoms with E-state index in [0.717, 1.165) is 38.6 Å². The summed E-state index contributed by atoms with van der Waals surface area (Å²) < 4.78 is 5.94. The number of guanidine groups is 1. The highest BCUT2D eigenvalue weighted by atomic mass is 127. The molecule has 2 N–H and O–H groups in total. The highest BCUT2D eigenvalue weighted by molar-refractivity contribution is 14.0. The SMILES string of the molecule is CCNC(=NCc1ccsc1)NCCCOC1CCCCC1.I. The lowest BCUT2D eigenvalue weighted by molar-refractivity contribution is 0.0277. The van der Waals surface area contributed by atoms with Crippen LogP contribution in [-0.2, 0) is 11.3 Å². The molecule has 0 saturated heterocycles. The molecule has 0 unspecified atom stereocenters. The Morgan fingerprint density at radius 1 is 1.30 bits per heavy atom. The van der Waals surface area contributed by atoms with Crippen molar-refractivity contribution < 1.29 is 4.74 Å². The zero-order valence-corrected chi connectivity index (χ0v) is 17.2. The van der Waals surface area contributed by atoms with Crippen molar-refractivity contribution in [1.82, 2.24) is 10.6 Å². The maximum Gasteiger partial charge on any atom is 0.191 e. The molecule has 0 bridgehead atoms. The second kappa shape index (κ2) is 13.0. The third kappa shape index (κ3) is 8.91. The number of nitrogens with zero attached hydrogens (tertiary/aromatic N) is 1. The number of thiophene rings is 1. The molecule has 0 spiro atoms. The fourth-order valence-electron chi connectivity index (χ4n) is 2.66. The van der Waals surface area contributed by atoms with Crippen LogP contribution in [0.15, 0.2) is 21.8 Å². The molecule has 0 amide bonds. The van der Waals surface area contributed by atoms with Crippen molar-refractivity contribution in [3.63, 3.8) is 0 Å². The quantitative estimate of drug-likeness (QED) is 0.270. The molecule has 1 aromatic heterocycles. The van der Waals surface area contributed by atoms with E-state index in [1.165, 1.54) is 37.7 Å². The highest BCUT2D eigenvalue weighted by Gasteiger charge is 2.12. The first-order valence-corrected chi connectivity index (χ1v) is 9.47. The summed E-state index contributed by atoms with van der Waals surface area (Å²) in [5, 5.41) is 10.9. The molecule has 0 radical (unpaired) electrons. The smallest absolute Gasteiger partial charge is 0.191 e. The Hall–Kier alpha value is -0.340. The molecular weight excluding hydrogens is 421 g/mol. The zero-order chi connectivity index (χ0) is 15.5. The minimum atomic E-state index is 0. The van der Waals surface area contributed by atoms with Gasteiger partial charge in [0.15, 0.2) is 5.96 Å². The van der Waals surface area contributed by atoms with Gasteiger partial charge in [0.1, 0.15) is 0 Å². The Morgan fingerprint density at radius 3 is 2.83 bits per heavy atom. The molecule has 1 aliphatic rings. The van der Waals surface area contributed by atoms with Crippen molar-refractivity contribution in [2.45, 2.75) is 58.1 Å². The number of aliphatic imine (C=N–C) groups is 1. The lowest BCUT2D eigenvalue weighted by Crippen LogP contribution is -2.38. The predicted molar refractivity (Wildman–Crippen MR) is 110 cm³/mol. The number of hydrogen-bond acceptors (Lipinski definition) is 3. The summed E-state index contributed by atoms with van der Waals surface area (Å²) in [6.07, 6.45) is 8.09. The Labute approximate surface area is 161 Å². The first-order valence-electron chi connectivity index (χ1n) is 8.53. The molecule has 6 heteroatoms. The van der Waals surface area contributed by atoms with Gasteiger partial charge in [0.2, 0.25) is 0 Å². The number of rotatable bonds is 8. The van der Waals surface area contributed by atoms with Crippen LogP contribution in [0.3, 0.4) is 0 Å². The van der Waals surface area contributed by atoms with E-state index < -0.39 is 0 Å². The molecular formula is C17H30IN3OS. The van der Waals surface area contributed by atoms with Crippen LogP contribution < -0.4 is 10.6 Å². The van der Waals surface area contributed by atoms with Gasteiger partial charge in [-0.05, 0) is 48.6 Å². The maximum absolute atomic E-state index is 5.94. The monoisotopic (exact) mass is 451 g/mol. The van der Waals surface area contributed by atoms with E-state index in [9.17, 15) is 0 Å². The van der Waals surface area contributed by atoms with Gasteiger partial charge < -0.3 is 15.4 Å². The van der Waals surface area contributed by atoms with Crippen LogP contribution >= 0.6 is 35.3 Å². The second-order valence-electron chi connectivity index (χ2n) is 5.74. The summed E-state index contributed by atoms with van der Waals surface area (Å²) in [6.45, 7) is 5.46. The number of halogens is 1. The largest absolute Gasteiger partial charge is 0.378 e. The Balaban J connectivity index is 0.00000264. The number of nitrogens with one attached hydrogen (secondary N) is 2. The molecule has 1 aromatic rings. The molecule has 0 atom stereocenters. The molecule has 1 aliphatic carbocycles. The maximum atomic E-state index is 5.94. The predicted octanol–water partition coefficient (Wildman–Crippen LogP) is 4.16. The van der Waals surface area contributed by atoms with E-state index in [1.54, 1.807) is 11.3 Å². The Bertz CT molecular complexity index is 419. The number of hydrogen-bond donors (Lipinski definition) is 2. The first-order chi connectivity index (χ1) is 10.9. The molecule has 2 rings (SSSR count). The molecule has 1 heterocycles. The Kier molecular flexibility index (Phi) is 11.7. The summed E-state index contributed by atoms with van der Waals surface area (Å²) in [6, 6.07) is 2.12. The first kappa shape index (κ1) is 20.7. The molecule has 1 fully saturated rings. The average molecular weight is 451 g/mol. The Morgan fingerprint density at radius 2 is 2.13 bits per heavy atom. The van der Waals surface area contributed by atoms with Crippen LogP contribution in [0.4, 0.5) is 0 Å². The molecule has 4 nitrogen and oxygen atoms in total. The van der Waals surface area contributed by atoms with E-state index in [1.807, 2.05) is 0 Å². The van der Waals surface area contributed by atoms with Crippen molar-refractivity contribution in [3.8, 4) is 0 Å². The summed E-state index contributed by atoms with van der Waals surface area (Å²) in [5.41, 5.74) is 1.27. The topological polar surface area (TPSA) is 45.7 Å². The summed E-state index contributed by atoms with van der Waals surface area (Å²) in [7, 11) is 0. The van der Waals surface area contributed by atoms with Gasteiger partial charge in [-0.2, -0.15) is 11.3 Å². The van der Waals surface area contributed by atoms with Crippen LogP contribution in [0.5, 0.6) is 0 Å².